The Balaban J connectivity index is 1.70. The zero-order valence-electron chi connectivity index (χ0n) is 13.5. The lowest BCUT2D eigenvalue weighted by atomic mass is 10.2. The summed E-state index contributed by atoms with van der Waals surface area (Å²) >= 11 is 0. The first-order chi connectivity index (χ1) is 12.3. The van der Waals surface area contributed by atoms with Crippen molar-refractivity contribution in [1.82, 2.24) is 19.6 Å². The highest BCUT2D eigenvalue weighted by Gasteiger charge is 2.11. The van der Waals surface area contributed by atoms with Gasteiger partial charge in [-0.2, -0.15) is 0 Å². The van der Waals surface area contributed by atoms with Gasteiger partial charge in [0.05, 0.1) is 23.2 Å². The van der Waals surface area contributed by atoms with Crippen LogP contribution in [0.15, 0.2) is 54.9 Å². The van der Waals surface area contributed by atoms with Crippen LogP contribution in [-0.4, -0.2) is 32.2 Å². The second-order valence-corrected chi connectivity index (χ2v) is 5.40. The minimum atomic E-state index is -0.335. The predicted octanol–water partition coefficient (Wildman–Crippen LogP) is 3.20. The van der Waals surface area contributed by atoms with Crippen molar-refractivity contribution < 1.29 is 9.53 Å². The van der Waals surface area contributed by atoms with Gasteiger partial charge in [-0.05, 0) is 43.3 Å². The summed E-state index contributed by atoms with van der Waals surface area (Å²) in [5.74, 6) is 0.262. The lowest BCUT2D eigenvalue weighted by molar-refractivity contribution is 0.0526. The van der Waals surface area contributed by atoms with E-state index in [9.17, 15) is 4.79 Å². The summed E-state index contributed by atoms with van der Waals surface area (Å²) in [6, 6.07) is 14.8. The van der Waals surface area contributed by atoms with Crippen LogP contribution >= 0.6 is 0 Å². The fourth-order valence-electron chi connectivity index (χ4n) is 2.63. The third-order valence-corrected chi connectivity index (χ3v) is 3.79. The molecule has 0 saturated heterocycles. The van der Waals surface area contributed by atoms with Crippen LogP contribution < -0.4 is 5.32 Å². The zero-order valence-corrected chi connectivity index (χ0v) is 13.5. The second kappa shape index (κ2) is 6.20. The van der Waals surface area contributed by atoms with Crippen LogP contribution in [0, 0.1) is 0 Å². The quantitative estimate of drug-likeness (QED) is 0.578. The Hall–Kier alpha value is -3.48. The molecule has 0 saturated carbocycles. The van der Waals surface area contributed by atoms with E-state index >= 15 is 0 Å². The number of rotatable bonds is 4. The van der Waals surface area contributed by atoms with E-state index in [1.807, 2.05) is 28.7 Å². The number of carbonyl (C=O) groups excluding carboxylic acids is 1. The first-order valence-corrected chi connectivity index (χ1v) is 7.89. The smallest absolute Gasteiger partial charge is 0.338 e. The minimum absolute atomic E-state index is 0.335. The summed E-state index contributed by atoms with van der Waals surface area (Å²) in [4.78, 5) is 16.4. The highest BCUT2D eigenvalue weighted by molar-refractivity contribution is 5.90. The lowest BCUT2D eigenvalue weighted by Gasteiger charge is -2.09. The molecule has 0 radical (unpaired) electrons. The summed E-state index contributed by atoms with van der Waals surface area (Å²) in [6.07, 6.45) is 1.66. The van der Waals surface area contributed by atoms with Gasteiger partial charge in [-0.15, -0.1) is 10.2 Å². The maximum absolute atomic E-state index is 11.7. The van der Waals surface area contributed by atoms with E-state index in [2.05, 4.69) is 20.5 Å². The number of benzene rings is 2. The van der Waals surface area contributed by atoms with Gasteiger partial charge in [-0.1, -0.05) is 12.1 Å². The van der Waals surface area contributed by atoms with E-state index in [4.69, 9.17) is 4.74 Å². The number of carbonyl (C=O) groups is 1. The molecule has 0 bridgehead atoms. The number of esters is 1. The molecule has 124 valence electrons. The number of fused-ring (bicyclic) bond motifs is 3. The number of nitrogens with zero attached hydrogens (tertiary/aromatic N) is 4. The van der Waals surface area contributed by atoms with Gasteiger partial charge >= 0.3 is 5.97 Å². The van der Waals surface area contributed by atoms with E-state index in [1.165, 1.54) is 0 Å². The molecule has 0 atom stereocenters. The maximum atomic E-state index is 11.7. The highest BCUT2D eigenvalue weighted by atomic mass is 16.5. The highest BCUT2D eigenvalue weighted by Crippen LogP contribution is 2.23. The predicted molar refractivity (Wildman–Crippen MR) is 94.0 cm³/mol. The molecule has 25 heavy (non-hydrogen) atoms. The number of ether oxygens (including phenoxy) is 1. The maximum Gasteiger partial charge on any atom is 0.338 e. The van der Waals surface area contributed by atoms with Gasteiger partial charge in [-0.25, -0.2) is 9.78 Å². The Kier molecular flexibility index (Phi) is 3.74. The largest absolute Gasteiger partial charge is 0.462 e. The Bertz CT molecular complexity index is 1060. The molecule has 2 aromatic heterocycles. The van der Waals surface area contributed by atoms with Crippen LogP contribution in [0.25, 0.3) is 16.7 Å². The second-order valence-electron chi connectivity index (χ2n) is 5.40. The standard InChI is InChI=1S/C18H15N5O2/c1-2-25-18(24)12-7-9-13(10-8-12)20-16-17-22-19-11-23(17)15-6-4-3-5-14(15)21-16/h3-11H,2H2,1H3,(H,20,21). The number of nitrogens with one attached hydrogen (secondary N) is 1. The molecule has 0 aliphatic heterocycles. The molecular formula is C18H15N5O2. The molecule has 7 nitrogen and oxygen atoms in total. The molecule has 0 amide bonds. The van der Waals surface area contributed by atoms with E-state index in [1.54, 1.807) is 37.5 Å². The van der Waals surface area contributed by atoms with Crippen molar-refractivity contribution in [2.24, 2.45) is 0 Å². The van der Waals surface area contributed by atoms with E-state index < -0.39 is 0 Å². The van der Waals surface area contributed by atoms with Gasteiger partial charge in [0.1, 0.15) is 6.33 Å². The lowest BCUT2D eigenvalue weighted by Crippen LogP contribution is -2.04. The zero-order chi connectivity index (χ0) is 17.2. The van der Waals surface area contributed by atoms with Gasteiger partial charge in [0, 0.05) is 5.69 Å². The third-order valence-electron chi connectivity index (χ3n) is 3.79. The molecule has 1 N–H and O–H groups in total. The van der Waals surface area contributed by atoms with Gasteiger partial charge in [0.2, 0.25) is 5.65 Å². The monoisotopic (exact) mass is 333 g/mol. The van der Waals surface area contributed by atoms with Crippen molar-refractivity contribution in [3.63, 3.8) is 0 Å². The van der Waals surface area contributed by atoms with Crippen LogP contribution in [0.4, 0.5) is 11.5 Å². The normalized spacial score (nSPS) is 10.9. The number of hydrogen-bond acceptors (Lipinski definition) is 6. The molecule has 2 aromatic carbocycles. The number of para-hydroxylation sites is 2. The van der Waals surface area contributed by atoms with Gasteiger partial charge in [0.25, 0.3) is 0 Å². The van der Waals surface area contributed by atoms with Crippen molar-refractivity contribution in [2.45, 2.75) is 6.92 Å². The summed E-state index contributed by atoms with van der Waals surface area (Å²) in [7, 11) is 0. The molecule has 0 spiro atoms. The molecule has 0 aliphatic carbocycles. The van der Waals surface area contributed by atoms with Crippen LogP contribution in [-0.2, 0) is 4.74 Å². The molecule has 0 unspecified atom stereocenters. The Morgan fingerprint density at radius 2 is 1.96 bits per heavy atom. The Labute approximate surface area is 143 Å². The van der Waals surface area contributed by atoms with Gasteiger partial charge < -0.3 is 10.1 Å². The summed E-state index contributed by atoms with van der Waals surface area (Å²) in [5, 5.41) is 11.4. The first kappa shape index (κ1) is 15.1. The van der Waals surface area contributed by atoms with E-state index in [0.29, 0.717) is 23.6 Å². The summed E-state index contributed by atoms with van der Waals surface area (Å²) in [6.45, 7) is 2.13. The van der Waals surface area contributed by atoms with Crippen molar-refractivity contribution >= 4 is 34.2 Å². The molecule has 0 aliphatic rings. The number of anilines is 2. The SMILES string of the molecule is CCOC(=O)c1ccc(Nc2nc3ccccc3n3cnnc23)cc1. The third kappa shape index (κ3) is 2.76. The van der Waals surface area contributed by atoms with Crippen molar-refractivity contribution in [3.8, 4) is 0 Å². The van der Waals surface area contributed by atoms with Gasteiger partial charge in [-0.3, -0.25) is 4.40 Å². The van der Waals surface area contributed by atoms with Crippen molar-refractivity contribution in [2.75, 3.05) is 11.9 Å². The summed E-state index contributed by atoms with van der Waals surface area (Å²) < 4.78 is 6.87. The van der Waals surface area contributed by atoms with Crippen LogP contribution in [0.2, 0.25) is 0 Å². The van der Waals surface area contributed by atoms with Crippen molar-refractivity contribution in [1.29, 1.82) is 0 Å². The Morgan fingerprint density at radius 1 is 1.16 bits per heavy atom. The van der Waals surface area contributed by atoms with Crippen LogP contribution in [0.3, 0.4) is 0 Å². The summed E-state index contributed by atoms with van der Waals surface area (Å²) in [5.41, 5.74) is 3.70. The average molecular weight is 333 g/mol. The van der Waals surface area contributed by atoms with E-state index in [0.717, 1.165) is 16.7 Å². The van der Waals surface area contributed by atoms with Crippen LogP contribution in [0.5, 0.6) is 0 Å². The van der Waals surface area contributed by atoms with E-state index in [-0.39, 0.29) is 5.97 Å². The molecule has 4 aromatic rings. The topological polar surface area (TPSA) is 81.4 Å². The Morgan fingerprint density at radius 3 is 2.76 bits per heavy atom. The minimum Gasteiger partial charge on any atom is -0.462 e. The molecule has 2 heterocycles. The molecule has 0 fully saturated rings. The molecule has 7 heteroatoms. The average Bonchev–Trinajstić information content (AvgIpc) is 3.13. The van der Waals surface area contributed by atoms with Crippen LogP contribution in [0.1, 0.15) is 17.3 Å². The fourth-order valence-corrected chi connectivity index (χ4v) is 2.63. The fraction of sp³-hybridized carbons (Fsp3) is 0.111. The first-order valence-electron chi connectivity index (χ1n) is 7.89. The number of hydrogen-bond donors (Lipinski definition) is 1. The number of aromatic nitrogens is 4. The molecular weight excluding hydrogens is 318 g/mol. The molecule has 4 rings (SSSR count). The van der Waals surface area contributed by atoms with Crippen molar-refractivity contribution in [3.05, 3.63) is 60.4 Å². The van der Waals surface area contributed by atoms with Gasteiger partial charge in [0.15, 0.2) is 5.82 Å².